The van der Waals surface area contributed by atoms with Gasteiger partial charge in [-0.1, -0.05) is 0 Å². The third kappa shape index (κ3) is 2.21. The molecule has 6 bridgehead atoms. The fourth-order valence-corrected chi connectivity index (χ4v) is 24.6. The van der Waals surface area contributed by atoms with Gasteiger partial charge in [-0.05, 0) is 225 Å². The molecule has 0 fully saturated rings. The molecule has 4 aliphatic heterocycles. The molecule has 378 valence electrons. The van der Waals surface area contributed by atoms with Gasteiger partial charge in [0.1, 0.15) is 0 Å². The van der Waals surface area contributed by atoms with E-state index in [4.69, 9.17) is 48.0 Å². The van der Waals surface area contributed by atoms with E-state index >= 15 is 5.11 Å². The molecule has 4 atom stereocenters. The Balaban J connectivity index is 1.11. The number of ether oxygens (including phenoxy) is 6. The quantitative estimate of drug-likeness (QED) is 0.0935. The van der Waals surface area contributed by atoms with Gasteiger partial charge in [-0.15, -0.1) is 0 Å². The second-order valence-electron chi connectivity index (χ2n) is 29.5. The van der Waals surface area contributed by atoms with Crippen LogP contribution in [-0.2, 0) is 76.5 Å². The maximum Gasteiger partial charge on any atom is 0.289 e. The van der Waals surface area contributed by atoms with Gasteiger partial charge in [-0.3, -0.25) is 4.74 Å². The smallest absolute Gasteiger partial charge is 0.289 e. The van der Waals surface area contributed by atoms with E-state index in [1.165, 1.54) is 162 Å². The molecule has 7 aliphatic carbocycles. The summed E-state index contributed by atoms with van der Waals surface area (Å²) in [4.78, 5) is 30.3. The van der Waals surface area contributed by atoms with Gasteiger partial charge in [-0.2, -0.15) is 0 Å². The van der Waals surface area contributed by atoms with Crippen LogP contribution >= 0.6 is 0 Å². The monoisotopic (exact) mass is 1060 g/mol. The molecule has 32 rings (SSSR count). The van der Waals surface area contributed by atoms with Gasteiger partial charge in [-0.25, -0.2) is 19.6 Å². The molecule has 0 saturated carbocycles. The summed E-state index contributed by atoms with van der Waals surface area (Å²) < 4.78 is 47.9. The van der Waals surface area contributed by atoms with Crippen molar-refractivity contribution in [3.63, 3.8) is 0 Å². The molecule has 0 amide bonds. The summed E-state index contributed by atoms with van der Waals surface area (Å²) in [6.07, 6.45) is 0. The molecule has 1 N–H and O–H groups in total. The minimum atomic E-state index is -2.59. The molecule has 11 heteroatoms. The Hall–Kier alpha value is -7.78. The summed E-state index contributed by atoms with van der Waals surface area (Å²) >= 11 is 0. The van der Waals surface area contributed by atoms with Crippen LogP contribution in [-0.4, -0.2) is 43.4 Å². The molecule has 0 spiro atoms. The van der Waals surface area contributed by atoms with Crippen LogP contribution < -0.4 is 0 Å². The second kappa shape index (κ2) is 8.48. The first-order chi connectivity index (χ1) is 39.7. The number of aliphatic hydroxyl groups is 1. The van der Waals surface area contributed by atoms with E-state index in [1.807, 2.05) is 41.5 Å². The molecule has 0 aromatic heterocycles. The average Bonchev–Trinajstić information content (AvgIpc) is 1.41. The van der Waals surface area contributed by atoms with E-state index in [-0.39, 0.29) is 11.5 Å². The van der Waals surface area contributed by atoms with Gasteiger partial charge in [0.05, 0.1) is 22.3 Å². The number of hydrogen-bond acceptors (Lipinski definition) is 11. The summed E-state index contributed by atoms with van der Waals surface area (Å²) in [5.41, 5.74) is 4.64. The predicted octanol–water partition coefficient (Wildman–Crippen LogP) is 15.0. The van der Waals surface area contributed by atoms with Gasteiger partial charge >= 0.3 is 0 Å². The third-order valence-corrected chi connectivity index (χ3v) is 25.4. The first-order valence-electron chi connectivity index (χ1n) is 29.2. The zero-order chi connectivity index (χ0) is 52.2. The Labute approximate surface area is 453 Å². The molecule has 4 heterocycles. The van der Waals surface area contributed by atoms with Crippen molar-refractivity contribution in [1.82, 2.24) is 0 Å². The normalized spacial score (nSPS) is 30.0. The summed E-state index contributed by atoms with van der Waals surface area (Å²) in [5, 5.41) is 66.4. The molecule has 21 aromatic carbocycles. The Kier molecular flexibility index (Phi) is 3.79. The van der Waals surface area contributed by atoms with Crippen molar-refractivity contribution in [1.29, 1.82) is 0 Å². The zero-order valence-electron chi connectivity index (χ0n) is 44.5. The lowest BCUT2D eigenvalue weighted by Gasteiger charge is -2.49. The van der Waals surface area contributed by atoms with Crippen molar-refractivity contribution >= 4 is 215 Å². The number of hydrogen-bond donors (Lipinski definition) is 1. The maximum atomic E-state index is 15.5. The van der Waals surface area contributed by atoms with Gasteiger partial charge in [0.2, 0.25) is 5.79 Å². The minimum absolute atomic E-state index is 0.0777. The molecule has 0 saturated heterocycles. The van der Waals surface area contributed by atoms with Crippen LogP contribution in [0.2, 0.25) is 0 Å². The maximum absolute atomic E-state index is 15.5. The molecule has 0 radical (unpaired) electrons. The number of methoxy groups -OCH3 is 3. The molecule has 11 aliphatic rings. The van der Waals surface area contributed by atoms with Crippen LogP contribution in [0.5, 0.6) is 0 Å². The van der Waals surface area contributed by atoms with Crippen LogP contribution in [0.4, 0.5) is 0 Å². The first kappa shape index (κ1) is 36.6. The Morgan fingerprint density at radius 2 is 0.476 bits per heavy atom. The molecule has 4 unspecified atom stereocenters. The van der Waals surface area contributed by atoms with E-state index in [2.05, 4.69) is 0 Å². The van der Waals surface area contributed by atoms with Crippen molar-refractivity contribution in [3.8, 4) is 0 Å². The van der Waals surface area contributed by atoms with Crippen molar-refractivity contribution in [2.75, 3.05) is 21.3 Å². The lowest BCUT2D eigenvalue weighted by Crippen LogP contribution is -2.54. The molecule has 82 heavy (non-hydrogen) atoms. The molecular formula is C71H28O11. The lowest BCUT2D eigenvalue weighted by molar-refractivity contribution is -0.402. The van der Waals surface area contributed by atoms with Gasteiger partial charge in [0.25, 0.3) is 17.4 Å². The number of benzene rings is 15. The summed E-state index contributed by atoms with van der Waals surface area (Å²) in [5.74, 6) is -7.76. The van der Waals surface area contributed by atoms with E-state index in [0.717, 1.165) is 109 Å². The Bertz CT molecular complexity index is 6770. The van der Waals surface area contributed by atoms with E-state index in [9.17, 15) is 0 Å². The highest BCUT2D eigenvalue weighted by Crippen LogP contribution is 2.86. The lowest BCUT2D eigenvalue weighted by atomic mass is 9.63. The summed E-state index contributed by atoms with van der Waals surface area (Å²) in [6, 6.07) is 0. The van der Waals surface area contributed by atoms with Crippen molar-refractivity contribution < 1.29 is 53.1 Å². The van der Waals surface area contributed by atoms with Crippen molar-refractivity contribution in [3.05, 3.63) is 78.3 Å². The largest absolute Gasteiger partial charge is 0.451 e. The van der Waals surface area contributed by atoms with Gasteiger partial charge in [0, 0.05) is 109 Å². The fraction of sp³-hybridized carbons (Fsp3) is 0.239. The average molecular weight is 1060 g/mol. The highest BCUT2D eigenvalue weighted by atomic mass is 17.2. The number of rotatable bonds is 7. The highest BCUT2D eigenvalue weighted by molar-refractivity contribution is 6.77. The van der Waals surface area contributed by atoms with Crippen molar-refractivity contribution in [2.24, 2.45) is 0 Å². The third-order valence-electron chi connectivity index (χ3n) is 25.4. The van der Waals surface area contributed by atoms with Gasteiger partial charge < -0.3 is 28.8 Å². The van der Waals surface area contributed by atoms with E-state index in [0.29, 0.717) is 11.1 Å². The standard InChI is InChI=1S/C71H28O11/c1-64(2,3)79-81-66-50-40-30-20-15-10-11-13-14-12(10)17-23-21(15)31(30)41-43-33(23)35-25(17)27-19(14)29-28-18(13)26-24-16(11)22(20)32-34(24)44-46-36(26)38(28)48-49-39(29)37(27)47-45(35)55-53(43)67(51(41)50,82-80-65(4,5)6)61-60(66)62-68(72)63(61)77-70(55,74-8)57(47)59(49)71(75-9,78-68)58(48)56(46)69(73-7,76-62)54(44)52(66)42(32)40/h72H,1-9H3. The predicted molar refractivity (Wildman–Crippen MR) is 309 cm³/mol. The van der Waals surface area contributed by atoms with Crippen molar-refractivity contribution in [2.45, 2.75) is 87.1 Å². The fourth-order valence-electron chi connectivity index (χ4n) is 24.6. The second-order valence-corrected chi connectivity index (χ2v) is 29.5. The Morgan fingerprint density at radius 3 is 0.707 bits per heavy atom. The van der Waals surface area contributed by atoms with Crippen LogP contribution in [0.3, 0.4) is 0 Å². The SMILES string of the molecule is COC12OC3(O)C4=C5C6=C3OC3(OC)c7c1c1c8c2c2c9c%10c(c%11c%12c%13c(c%14c%15c%16c(c3c3c7c7c1c1c%17c8c9c8c9c%10c%12c%10c%12c%13c%15c%13c%15c%16c3c3c7c1c1c(c%178)c(c9%10)c(c%12%13)c1c3%15)C6%14OOC(C)(C)C)C5%11OOC(C)(C)C)C2(OC)O4. The highest BCUT2D eigenvalue weighted by Gasteiger charge is 2.82. The molecular weight excluding hydrogens is 1030 g/mol. The molecule has 11 nitrogen and oxygen atoms in total. The summed E-state index contributed by atoms with van der Waals surface area (Å²) in [7, 11) is 5.35. The van der Waals surface area contributed by atoms with E-state index in [1.54, 1.807) is 21.3 Å². The topological polar surface area (TPSA) is 113 Å². The van der Waals surface area contributed by atoms with Crippen LogP contribution in [0.15, 0.2) is 22.7 Å². The molecule has 21 aromatic rings. The van der Waals surface area contributed by atoms with Crippen LogP contribution in [0.25, 0.3) is 215 Å². The summed E-state index contributed by atoms with van der Waals surface area (Å²) in [6.45, 7) is 12.2. The van der Waals surface area contributed by atoms with Crippen LogP contribution in [0, 0.1) is 0 Å². The first-order valence-corrected chi connectivity index (χ1v) is 29.2. The Morgan fingerprint density at radius 1 is 0.280 bits per heavy atom. The van der Waals surface area contributed by atoms with Gasteiger partial charge in [0.15, 0.2) is 22.7 Å². The zero-order valence-corrected chi connectivity index (χ0v) is 44.5. The van der Waals surface area contributed by atoms with E-state index < -0.39 is 45.6 Å². The van der Waals surface area contributed by atoms with Crippen LogP contribution in [0.1, 0.15) is 97.2 Å². The minimum Gasteiger partial charge on any atom is -0.451 e.